The number of piperidine rings is 1. The van der Waals surface area contributed by atoms with Gasteiger partial charge in [0.1, 0.15) is 17.7 Å². The molecule has 0 spiro atoms. The van der Waals surface area contributed by atoms with Gasteiger partial charge in [-0.15, -0.1) is 12.4 Å². The summed E-state index contributed by atoms with van der Waals surface area (Å²) in [7, 11) is 0. The van der Waals surface area contributed by atoms with Gasteiger partial charge in [0.05, 0.1) is 5.54 Å². The topological polar surface area (TPSA) is 55.6 Å². The number of carbonyl (C=O) groups is 1. The molecule has 2 aliphatic rings. The summed E-state index contributed by atoms with van der Waals surface area (Å²) in [4.78, 5) is 14.4. The van der Waals surface area contributed by atoms with Gasteiger partial charge >= 0.3 is 0 Å². The number of carbonyl (C=O) groups excluding carboxylic acids is 1. The van der Waals surface area contributed by atoms with Crippen molar-refractivity contribution < 1.29 is 13.9 Å². The van der Waals surface area contributed by atoms with E-state index >= 15 is 0 Å². The van der Waals surface area contributed by atoms with Crippen LogP contribution in [-0.4, -0.2) is 35.5 Å². The van der Waals surface area contributed by atoms with Gasteiger partial charge in [-0.25, -0.2) is 4.39 Å². The number of rotatable bonds is 3. The number of benzene rings is 1. The SMILES string of the molecule is Cl.NC1(C(=O)N2CCC(Oc3ccc(F)cc3)CC2)CCCC1. The summed E-state index contributed by atoms with van der Waals surface area (Å²) in [6.45, 7) is 1.37. The maximum Gasteiger partial charge on any atom is 0.242 e. The molecule has 6 heteroatoms. The van der Waals surface area contributed by atoms with Gasteiger partial charge in [0.2, 0.25) is 5.91 Å². The lowest BCUT2D eigenvalue weighted by Gasteiger charge is -2.36. The summed E-state index contributed by atoms with van der Waals surface area (Å²) in [6, 6.07) is 6.07. The van der Waals surface area contributed by atoms with E-state index in [1.165, 1.54) is 12.1 Å². The molecule has 0 aromatic heterocycles. The lowest BCUT2D eigenvalue weighted by atomic mass is 9.95. The van der Waals surface area contributed by atoms with Crippen molar-refractivity contribution in [3.05, 3.63) is 30.1 Å². The number of amides is 1. The number of ether oxygens (including phenoxy) is 1. The maximum atomic E-state index is 12.9. The summed E-state index contributed by atoms with van der Waals surface area (Å²) < 4.78 is 18.7. The van der Waals surface area contributed by atoms with Gasteiger partial charge in [0.25, 0.3) is 0 Å². The molecule has 1 aromatic carbocycles. The maximum absolute atomic E-state index is 12.9. The molecule has 4 nitrogen and oxygen atoms in total. The van der Waals surface area contributed by atoms with Crippen LogP contribution in [0.1, 0.15) is 38.5 Å². The molecular weight excluding hydrogens is 319 g/mol. The van der Waals surface area contributed by atoms with Crippen molar-refractivity contribution in [3.63, 3.8) is 0 Å². The minimum Gasteiger partial charge on any atom is -0.490 e. The highest BCUT2D eigenvalue weighted by atomic mass is 35.5. The van der Waals surface area contributed by atoms with E-state index in [1.54, 1.807) is 12.1 Å². The number of hydrogen-bond acceptors (Lipinski definition) is 3. The molecule has 1 amide bonds. The van der Waals surface area contributed by atoms with Gasteiger partial charge in [-0.05, 0) is 37.1 Å². The zero-order chi connectivity index (χ0) is 15.6. The Morgan fingerprint density at radius 2 is 1.74 bits per heavy atom. The summed E-state index contributed by atoms with van der Waals surface area (Å²) in [5.74, 6) is 0.514. The van der Waals surface area contributed by atoms with Crippen LogP contribution in [0.2, 0.25) is 0 Å². The largest absolute Gasteiger partial charge is 0.490 e. The van der Waals surface area contributed by atoms with E-state index in [4.69, 9.17) is 10.5 Å². The average molecular weight is 343 g/mol. The molecule has 1 aliphatic heterocycles. The van der Waals surface area contributed by atoms with Crippen LogP contribution < -0.4 is 10.5 Å². The van der Waals surface area contributed by atoms with E-state index in [-0.39, 0.29) is 30.2 Å². The van der Waals surface area contributed by atoms with Crippen LogP contribution in [0.5, 0.6) is 5.75 Å². The molecule has 0 unspecified atom stereocenters. The normalized spacial score (nSPS) is 20.9. The highest BCUT2D eigenvalue weighted by Crippen LogP contribution is 2.30. The van der Waals surface area contributed by atoms with E-state index < -0.39 is 5.54 Å². The Balaban J connectivity index is 0.00000192. The van der Waals surface area contributed by atoms with Gasteiger partial charge in [0, 0.05) is 25.9 Å². The minimum atomic E-state index is -0.634. The molecule has 1 saturated carbocycles. The predicted octanol–water partition coefficient (Wildman–Crippen LogP) is 2.89. The Hall–Kier alpha value is -1.33. The van der Waals surface area contributed by atoms with Crippen molar-refractivity contribution in [1.29, 1.82) is 0 Å². The monoisotopic (exact) mass is 342 g/mol. The molecule has 0 bridgehead atoms. The lowest BCUT2D eigenvalue weighted by molar-refractivity contribution is -0.138. The van der Waals surface area contributed by atoms with E-state index in [9.17, 15) is 9.18 Å². The Labute approximate surface area is 142 Å². The number of likely N-dealkylation sites (tertiary alicyclic amines) is 1. The van der Waals surface area contributed by atoms with Crippen molar-refractivity contribution in [3.8, 4) is 5.75 Å². The first-order chi connectivity index (χ1) is 10.6. The van der Waals surface area contributed by atoms with Gasteiger partial charge in [0.15, 0.2) is 0 Å². The number of halogens is 2. The molecule has 3 rings (SSSR count). The molecular formula is C17H24ClFN2O2. The Morgan fingerprint density at radius 1 is 1.17 bits per heavy atom. The van der Waals surface area contributed by atoms with Crippen molar-refractivity contribution in [1.82, 2.24) is 4.90 Å². The fourth-order valence-corrected chi connectivity index (χ4v) is 3.42. The van der Waals surface area contributed by atoms with Crippen LogP contribution in [0, 0.1) is 5.82 Å². The first-order valence-corrected chi connectivity index (χ1v) is 8.07. The van der Waals surface area contributed by atoms with E-state index in [0.717, 1.165) is 38.5 Å². The van der Waals surface area contributed by atoms with E-state index in [1.807, 2.05) is 4.90 Å². The van der Waals surface area contributed by atoms with Gasteiger partial charge < -0.3 is 15.4 Å². The fraction of sp³-hybridized carbons (Fsp3) is 0.588. The third-order valence-electron chi connectivity index (χ3n) is 4.77. The summed E-state index contributed by atoms with van der Waals surface area (Å²) >= 11 is 0. The third-order valence-corrected chi connectivity index (χ3v) is 4.77. The molecule has 1 aromatic rings. The summed E-state index contributed by atoms with van der Waals surface area (Å²) in [6.07, 6.45) is 5.36. The molecule has 1 saturated heterocycles. The van der Waals surface area contributed by atoms with Crippen LogP contribution in [0.25, 0.3) is 0 Å². The van der Waals surface area contributed by atoms with Crippen LogP contribution in [0.3, 0.4) is 0 Å². The molecule has 0 atom stereocenters. The first-order valence-electron chi connectivity index (χ1n) is 8.07. The molecule has 0 radical (unpaired) electrons. The molecule has 2 fully saturated rings. The highest BCUT2D eigenvalue weighted by molar-refractivity contribution is 5.86. The molecule has 2 N–H and O–H groups in total. The third kappa shape index (κ3) is 4.15. The van der Waals surface area contributed by atoms with E-state index in [2.05, 4.69) is 0 Å². The number of nitrogens with two attached hydrogens (primary N) is 1. The van der Waals surface area contributed by atoms with Crippen LogP contribution in [-0.2, 0) is 4.79 Å². The predicted molar refractivity (Wildman–Crippen MR) is 89.3 cm³/mol. The van der Waals surface area contributed by atoms with Crippen molar-refractivity contribution >= 4 is 18.3 Å². The second kappa shape index (κ2) is 7.49. The van der Waals surface area contributed by atoms with Crippen molar-refractivity contribution in [2.75, 3.05) is 13.1 Å². The Morgan fingerprint density at radius 3 is 2.30 bits per heavy atom. The van der Waals surface area contributed by atoms with Crippen LogP contribution in [0.15, 0.2) is 24.3 Å². The molecule has 128 valence electrons. The lowest BCUT2D eigenvalue weighted by Crippen LogP contribution is -2.56. The minimum absolute atomic E-state index is 0. The second-order valence-electron chi connectivity index (χ2n) is 6.43. The average Bonchev–Trinajstić information content (AvgIpc) is 2.98. The zero-order valence-electron chi connectivity index (χ0n) is 13.2. The van der Waals surface area contributed by atoms with Crippen molar-refractivity contribution in [2.45, 2.75) is 50.2 Å². The number of hydrogen-bond donors (Lipinski definition) is 1. The van der Waals surface area contributed by atoms with Crippen LogP contribution >= 0.6 is 12.4 Å². The Bertz CT molecular complexity index is 524. The molecule has 1 heterocycles. The first kappa shape index (κ1) is 18.0. The Kier molecular flexibility index (Phi) is 5.87. The quantitative estimate of drug-likeness (QED) is 0.919. The van der Waals surface area contributed by atoms with Gasteiger partial charge in [-0.3, -0.25) is 4.79 Å². The second-order valence-corrected chi connectivity index (χ2v) is 6.43. The standard InChI is InChI=1S/C17H23FN2O2.ClH/c18-13-3-5-14(6-4-13)22-15-7-11-20(12-8-15)16(21)17(19)9-1-2-10-17;/h3-6,15H,1-2,7-12,19H2;1H. The van der Waals surface area contributed by atoms with E-state index in [0.29, 0.717) is 18.8 Å². The van der Waals surface area contributed by atoms with Gasteiger partial charge in [-0.2, -0.15) is 0 Å². The molecule has 1 aliphatic carbocycles. The highest BCUT2D eigenvalue weighted by Gasteiger charge is 2.40. The van der Waals surface area contributed by atoms with Gasteiger partial charge in [-0.1, -0.05) is 12.8 Å². The van der Waals surface area contributed by atoms with Crippen molar-refractivity contribution in [2.24, 2.45) is 5.73 Å². The van der Waals surface area contributed by atoms with Crippen LogP contribution in [0.4, 0.5) is 4.39 Å². The zero-order valence-corrected chi connectivity index (χ0v) is 14.0. The number of nitrogens with zero attached hydrogens (tertiary/aromatic N) is 1. The molecule has 23 heavy (non-hydrogen) atoms. The fourth-order valence-electron chi connectivity index (χ4n) is 3.42. The summed E-state index contributed by atoms with van der Waals surface area (Å²) in [5.41, 5.74) is 5.61. The smallest absolute Gasteiger partial charge is 0.242 e. The summed E-state index contributed by atoms with van der Waals surface area (Å²) in [5, 5.41) is 0.